The zero-order valence-corrected chi connectivity index (χ0v) is 13.8. The molecule has 122 valence electrons. The number of aromatic nitrogens is 2. The van der Waals surface area contributed by atoms with Crippen LogP contribution >= 0.6 is 11.3 Å². The van der Waals surface area contributed by atoms with E-state index in [9.17, 15) is 14.0 Å². The van der Waals surface area contributed by atoms with E-state index in [2.05, 4.69) is 20.8 Å². The molecule has 6 nitrogen and oxygen atoms in total. The lowest BCUT2D eigenvalue weighted by molar-refractivity contribution is -0.118. The summed E-state index contributed by atoms with van der Waals surface area (Å²) in [5.41, 5.74) is 0.289. The number of aryl methyl sites for hydroxylation is 1. The predicted octanol–water partition coefficient (Wildman–Crippen LogP) is 2.38. The van der Waals surface area contributed by atoms with Gasteiger partial charge in [0.25, 0.3) is 5.91 Å². The summed E-state index contributed by atoms with van der Waals surface area (Å²) in [5.74, 6) is -1.36. The number of hydrogen-bond acceptors (Lipinski definition) is 5. The van der Waals surface area contributed by atoms with Crippen LogP contribution in [0.5, 0.6) is 0 Å². The van der Waals surface area contributed by atoms with Gasteiger partial charge in [0, 0.05) is 5.56 Å². The van der Waals surface area contributed by atoms with Gasteiger partial charge < -0.3 is 5.32 Å². The highest BCUT2D eigenvalue weighted by Crippen LogP contribution is 2.15. The summed E-state index contributed by atoms with van der Waals surface area (Å²) in [4.78, 5) is 24.5. The minimum Gasteiger partial charge on any atom is -0.340 e. The fourth-order valence-corrected chi connectivity index (χ4v) is 2.49. The van der Waals surface area contributed by atoms with Gasteiger partial charge in [-0.3, -0.25) is 14.9 Å². The molecule has 0 spiro atoms. The molecule has 0 aliphatic rings. The average Bonchev–Trinajstić information content (AvgIpc) is 2.89. The SMILES string of the molecule is Cc1nnc(NC(=O)C(NC(=O)c2ccc(F)cc2)C(C)C)s1. The van der Waals surface area contributed by atoms with Crippen LogP contribution in [0.15, 0.2) is 24.3 Å². The molecule has 1 aromatic carbocycles. The van der Waals surface area contributed by atoms with Gasteiger partial charge in [-0.1, -0.05) is 25.2 Å². The first-order chi connectivity index (χ1) is 10.9. The van der Waals surface area contributed by atoms with Crippen LogP contribution in [0, 0.1) is 18.7 Å². The topological polar surface area (TPSA) is 84.0 Å². The summed E-state index contributed by atoms with van der Waals surface area (Å²) in [7, 11) is 0. The van der Waals surface area contributed by atoms with E-state index < -0.39 is 17.8 Å². The van der Waals surface area contributed by atoms with Crippen LogP contribution in [-0.4, -0.2) is 28.1 Å². The summed E-state index contributed by atoms with van der Waals surface area (Å²) in [6, 6.07) is 4.39. The second-order valence-corrected chi connectivity index (χ2v) is 6.50. The lowest BCUT2D eigenvalue weighted by Gasteiger charge is -2.21. The van der Waals surface area contributed by atoms with Gasteiger partial charge in [0.15, 0.2) is 0 Å². The van der Waals surface area contributed by atoms with Crippen LogP contribution in [0.2, 0.25) is 0 Å². The Morgan fingerprint density at radius 3 is 2.35 bits per heavy atom. The standard InChI is InChI=1S/C15H17FN4O2S/c1-8(2)12(14(22)18-15-20-19-9(3)23-15)17-13(21)10-4-6-11(16)7-5-10/h4-8,12H,1-3H3,(H,17,21)(H,18,20,22). The number of amides is 2. The van der Waals surface area contributed by atoms with Gasteiger partial charge in [0.2, 0.25) is 11.0 Å². The highest BCUT2D eigenvalue weighted by Gasteiger charge is 2.25. The Kier molecular flexibility index (Phi) is 5.38. The van der Waals surface area contributed by atoms with Crippen molar-refractivity contribution in [3.05, 3.63) is 40.7 Å². The lowest BCUT2D eigenvalue weighted by atomic mass is 10.0. The molecule has 0 saturated heterocycles. The monoisotopic (exact) mass is 336 g/mol. The van der Waals surface area contributed by atoms with E-state index >= 15 is 0 Å². The quantitative estimate of drug-likeness (QED) is 0.878. The summed E-state index contributed by atoms with van der Waals surface area (Å²) in [5, 5.41) is 14.1. The van der Waals surface area contributed by atoms with Crippen molar-refractivity contribution in [1.82, 2.24) is 15.5 Å². The molecule has 2 N–H and O–H groups in total. The third-order valence-electron chi connectivity index (χ3n) is 3.10. The van der Waals surface area contributed by atoms with E-state index in [-0.39, 0.29) is 17.4 Å². The van der Waals surface area contributed by atoms with E-state index in [1.54, 1.807) is 6.92 Å². The molecule has 0 radical (unpaired) electrons. The van der Waals surface area contributed by atoms with Crippen molar-refractivity contribution in [2.75, 3.05) is 5.32 Å². The first-order valence-corrected chi connectivity index (χ1v) is 7.86. The number of hydrogen-bond donors (Lipinski definition) is 2. The van der Waals surface area contributed by atoms with Crippen molar-refractivity contribution in [1.29, 1.82) is 0 Å². The van der Waals surface area contributed by atoms with Crippen molar-refractivity contribution in [3.63, 3.8) is 0 Å². The summed E-state index contributed by atoms with van der Waals surface area (Å²) >= 11 is 1.25. The molecule has 2 aromatic rings. The van der Waals surface area contributed by atoms with Gasteiger partial charge in [-0.05, 0) is 37.1 Å². The minimum absolute atomic E-state index is 0.131. The van der Waals surface area contributed by atoms with Crippen LogP contribution in [0.25, 0.3) is 0 Å². The predicted molar refractivity (Wildman–Crippen MR) is 85.8 cm³/mol. The third-order valence-corrected chi connectivity index (χ3v) is 3.85. The third kappa shape index (κ3) is 4.56. The molecule has 1 atom stereocenters. The number of anilines is 1. The molecule has 0 aliphatic heterocycles. The van der Waals surface area contributed by atoms with Gasteiger partial charge in [-0.15, -0.1) is 10.2 Å². The Morgan fingerprint density at radius 1 is 1.17 bits per heavy atom. The minimum atomic E-state index is -0.739. The number of carbonyl (C=O) groups excluding carboxylic acids is 2. The van der Waals surface area contributed by atoms with Crippen LogP contribution in [0.1, 0.15) is 29.2 Å². The molecule has 2 rings (SSSR count). The number of nitrogens with one attached hydrogen (secondary N) is 2. The summed E-state index contributed by atoms with van der Waals surface area (Å²) in [6.07, 6.45) is 0. The van der Waals surface area contributed by atoms with Gasteiger partial charge in [0.05, 0.1) is 0 Å². The second-order valence-electron chi connectivity index (χ2n) is 5.32. The van der Waals surface area contributed by atoms with Crippen LogP contribution in [-0.2, 0) is 4.79 Å². The molecular weight excluding hydrogens is 319 g/mol. The van der Waals surface area contributed by atoms with E-state index in [4.69, 9.17) is 0 Å². The van der Waals surface area contributed by atoms with Crippen molar-refractivity contribution >= 4 is 28.3 Å². The Hall–Kier alpha value is -2.35. The van der Waals surface area contributed by atoms with Crippen molar-refractivity contribution in [2.45, 2.75) is 26.8 Å². The highest BCUT2D eigenvalue weighted by molar-refractivity contribution is 7.15. The fourth-order valence-electron chi connectivity index (χ4n) is 1.89. The Balaban J connectivity index is 2.07. The van der Waals surface area contributed by atoms with Crippen LogP contribution < -0.4 is 10.6 Å². The molecule has 0 saturated carbocycles. The molecule has 1 aromatic heterocycles. The molecule has 0 bridgehead atoms. The normalized spacial score (nSPS) is 12.0. The highest BCUT2D eigenvalue weighted by atomic mass is 32.1. The lowest BCUT2D eigenvalue weighted by Crippen LogP contribution is -2.47. The zero-order valence-electron chi connectivity index (χ0n) is 13.0. The first kappa shape index (κ1) is 17.0. The van der Waals surface area contributed by atoms with E-state index in [1.807, 2.05) is 13.8 Å². The van der Waals surface area contributed by atoms with Crippen molar-refractivity contribution < 1.29 is 14.0 Å². The maximum atomic E-state index is 12.9. The number of nitrogens with zero attached hydrogens (tertiary/aromatic N) is 2. The first-order valence-electron chi connectivity index (χ1n) is 7.04. The van der Waals surface area contributed by atoms with Crippen molar-refractivity contribution in [3.8, 4) is 0 Å². The van der Waals surface area contributed by atoms with Gasteiger partial charge in [-0.2, -0.15) is 0 Å². The molecule has 0 aliphatic carbocycles. The zero-order chi connectivity index (χ0) is 17.0. The fraction of sp³-hybridized carbons (Fsp3) is 0.333. The maximum absolute atomic E-state index is 12.9. The van der Waals surface area contributed by atoms with Gasteiger partial charge in [-0.25, -0.2) is 4.39 Å². The molecule has 1 unspecified atom stereocenters. The molecule has 1 heterocycles. The van der Waals surface area contributed by atoms with Gasteiger partial charge >= 0.3 is 0 Å². The number of halogens is 1. The van der Waals surface area contributed by atoms with Crippen molar-refractivity contribution in [2.24, 2.45) is 5.92 Å². The smallest absolute Gasteiger partial charge is 0.251 e. The average molecular weight is 336 g/mol. The van der Waals surface area contributed by atoms with E-state index in [0.717, 1.165) is 5.01 Å². The molecule has 8 heteroatoms. The molecular formula is C15H17FN4O2S. The molecule has 0 fully saturated rings. The second kappa shape index (κ2) is 7.28. The number of rotatable bonds is 5. The maximum Gasteiger partial charge on any atom is 0.251 e. The largest absolute Gasteiger partial charge is 0.340 e. The van der Waals surface area contributed by atoms with Crippen LogP contribution in [0.3, 0.4) is 0 Å². The Bertz CT molecular complexity index is 700. The number of benzene rings is 1. The Labute approximate surface area is 137 Å². The molecule has 2 amide bonds. The van der Waals surface area contributed by atoms with Gasteiger partial charge in [0.1, 0.15) is 16.9 Å². The Morgan fingerprint density at radius 2 is 1.83 bits per heavy atom. The summed E-state index contributed by atoms with van der Waals surface area (Å²) in [6.45, 7) is 5.42. The van der Waals surface area contributed by atoms with E-state index in [1.165, 1.54) is 35.6 Å². The molecule has 23 heavy (non-hydrogen) atoms. The van der Waals surface area contributed by atoms with E-state index in [0.29, 0.717) is 5.13 Å². The summed E-state index contributed by atoms with van der Waals surface area (Å²) < 4.78 is 12.9. The van der Waals surface area contributed by atoms with Crippen LogP contribution in [0.4, 0.5) is 9.52 Å². The number of carbonyl (C=O) groups is 2.